The largest absolute Gasteiger partial charge is 0.399 e. The number of aryl methyl sites for hydroxylation is 2. The number of nitrogens with one attached hydrogen (secondary N) is 1. The van der Waals surface area contributed by atoms with Crippen molar-refractivity contribution in [2.45, 2.75) is 19.9 Å². The van der Waals surface area contributed by atoms with E-state index in [9.17, 15) is 4.79 Å². The second-order valence-corrected chi connectivity index (χ2v) is 5.77. The Hall–Kier alpha value is -2.41. The second kappa shape index (κ2) is 5.53. The summed E-state index contributed by atoms with van der Waals surface area (Å²) < 4.78 is 2.77. The Bertz CT molecular complexity index is 792. The first-order chi connectivity index (χ1) is 10.1. The minimum atomic E-state index is -0.0723. The first-order valence-corrected chi connectivity index (χ1v) is 7.38. The number of nitrogens with zero attached hydrogens (tertiary/aromatic N) is 3. The zero-order valence-corrected chi connectivity index (χ0v) is 12.4. The number of nitrogen functional groups attached to an aromatic ring is 1. The zero-order valence-electron chi connectivity index (χ0n) is 11.5. The Morgan fingerprint density at radius 1 is 1.43 bits per heavy atom. The van der Waals surface area contributed by atoms with Gasteiger partial charge < -0.3 is 11.1 Å². The summed E-state index contributed by atoms with van der Waals surface area (Å²) in [5.41, 5.74) is 8.31. The fourth-order valence-corrected chi connectivity index (χ4v) is 2.95. The van der Waals surface area contributed by atoms with E-state index in [1.54, 1.807) is 16.9 Å². The highest BCUT2D eigenvalue weighted by molar-refractivity contribution is 7.22. The Morgan fingerprint density at radius 2 is 2.29 bits per heavy atom. The summed E-state index contributed by atoms with van der Waals surface area (Å²) in [6.45, 7) is 2.52. The third kappa shape index (κ3) is 3.03. The molecule has 1 aromatic carbocycles. The number of benzene rings is 1. The van der Waals surface area contributed by atoms with Crippen LogP contribution in [0, 0.1) is 6.92 Å². The van der Waals surface area contributed by atoms with Gasteiger partial charge in [-0.05, 0) is 31.2 Å². The Morgan fingerprint density at radius 3 is 3.05 bits per heavy atom. The second-order valence-electron chi connectivity index (χ2n) is 4.74. The highest BCUT2D eigenvalue weighted by Gasteiger charge is 2.09. The molecule has 3 rings (SSSR count). The van der Waals surface area contributed by atoms with Gasteiger partial charge in [0, 0.05) is 30.5 Å². The lowest BCUT2D eigenvalue weighted by Gasteiger charge is -2.04. The monoisotopic (exact) mass is 301 g/mol. The van der Waals surface area contributed by atoms with E-state index in [4.69, 9.17) is 5.73 Å². The van der Waals surface area contributed by atoms with Gasteiger partial charge in [-0.15, -0.1) is 0 Å². The topological polar surface area (TPSA) is 85.8 Å². The molecule has 2 aromatic heterocycles. The minimum absolute atomic E-state index is 0.0723. The molecule has 108 valence electrons. The predicted molar refractivity (Wildman–Crippen MR) is 84.2 cm³/mol. The fourth-order valence-electron chi connectivity index (χ4n) is 2.02. The van der Waals surface area contributed by atoms with E-state index in [1.165, 1.54) is 11.3 Å². The highest BCUT2D eigenvalue weighted by Crippen LogP contribution is 2.27. The van der Waals surface area contributed by atoms with Crippen molar-refractivity contribution in [2.24, 2.45) is 0 Å². The summed E-state index contributed by atoms with van der Waals surface area (Å²) in [6.07, 6.45) is 2.09. The number of aromatic nitrogens is 3. The van der Waals surface area contributed by atoms with Gasteiger partial charge in [-0.1, -0.05) is 11.3 Å². The number of rotatable bonds is 4. The molecular formula is C14H15N5OS. The van der Waals surface area contributed by atoms with Crippen LogP contribution in [0.2, 0.25) is 0 Å². The summed E-state index contributed by atoms with van der Waals surface area (Å²) in [5.74, 6) is -0.0723. The van der Waals surface area contributed by atoms with Crippen molar-refractivity contribution in [1.82, 2.24) is 14.8 Å². The summed E-state index contributed by atoms with van der Waals surface area (Å²) in [4.78, 5) is 16.3. The number of nitrogens with two attached hydrogens (primary N) is 1. The van der Waals surface area contributed by atoms with Crippen molar-refractivity contribution in [2.75, 3.05) is 11.1 Å². The molecule has 6 nitrogen and oxygen atoms in total. The van der Waals surface area contributed by atoms with Gasteiger partial charge >= 0.3 is 0 Å². The summed E-state index contributed by atoms with van der Waals surface area (Å²) in [6, 6.07) is 7.42. The molecule has 0 unspecified atom stereocenters. The van der Waals surface area contributed by atoms with Crippen LogP contribution in [0.4, 0.5) is 10.8 Å². The van der Waals surface area contributed by atoms with Crippen LogP contribution in [-0.2, 0) is 11.3 Å². The molecule has 0 fully saturated rings. The van der Waals surface area contributed by atoms with E-state index in [0.29, 0.717) is 23.8 Å². The lowest BCUT2D eigenvalue weighted by molar-refractivity contribution is -0.116. The van der Waals surface area contributed by atoms with Crippen molar-refractivity contribution in [3.8, 4) is 0 Å². The molecule has 7 heteroatoms. The molecule has 0 radical (unpaired) electrons. The Kier molecular flexibility index (Phi) is 3.57. The zero-order chi connectivity index (χ0) is 14.8. The maximum atomic E-state index is 12.0. The van der Waals surface area contributed by atoms with Gasteiger partial charge in [0.2, 0.25) is 5.91 Å². The number of amides is 1. The molecule has 0 aliphatic rings. The van der Waals surface area contributed by atoms with Crippen LogP contribution in [0.1, 0.15) is 12.1 Å². The Balaban J connectivity index is 1.64. The SMILES string of the molecule is Cc1ccnn1CCC(=O)Nc1nc2ccc(N)cc2s1. The van der Waals surface area contributed by atoms with E-state index in [2.05, 4.69) is 15.4 Å². The molecule has 3 N–H and O–H groups in total. The molecule has 0 atom stereocenters. The van der Waals surface area contributed by atoms with E-state index < -0.39 is 0 Å². The molecule has 0 aliphatic heterocycles. The smallest absolute Gasteiger partial charge is 0.228 e. The molecule has 1 amide bonds. The third-order valence-electron chi connectivity index (χ3n) is 3.14. The van der Waals surface area contributed by atoms with E-state index in [1.807, 2.05) is 25.1 Å². The van der Waals surface area contributed by atoms with Crippen LogP contribution in [0.25, 0.3) is 10.2 Å². The molecule has 0 saturated heterocycles. The van der Waals surface area contributed by atoms with Gasteiger partial charge in [-0.3, -0.25) is 9.48 Å². The van der Waals surface area contributed by atoms with Crippen LogP contribution >= 0.6 is 11.3 Å². The molecule has 0 spiro atoms. The first kappa shape index (κ1) is 13.6. The van der Waals surface area contributed by atoms with E-state index >= 15 is 0 Å². The molecule has 0 aliphatic carbocycles. The quantitative estimate of drug-likeness (QED) is 0.725. The van der Waals surface area contributed by atoms with Gasteiger partial charge in [0.05, 0.1) is 10.2 Å². The van der Waals surface area contributed by atoms with Gasteiger partial charge in [-0.25, -0.2) is 4.98 Å². The average molecular weight is 301 g/mol. The van der Waals surface area contributed by atoms with Gasteiger partial charge in [0.15, 0.2) is 5.13 Å². The molecule has 0 saturated carbocycles. The number of hydrogen-bond donors (Lipinski definition) is 2. The van der Waals surface area contributed by atoms with Crippen LogP contribution in [0.3, 0.4) is 0 Å². The van der Waals surface area contributed by atoms with E-state index in [0.717, 1.165) is 15.9 Å². The average Bonchev–Trinajstić information content (AvgIpc) is 3.01. The number of fused-ring (bicyclic) bond motifs is 1. The van der Waals surface area contributed by atoms with Crippen molar-refractivity contribution in [3.63, 3.8) is 0 Å². The Labute approximate surface area is 125 Å². The predicted octanol–water partition coefficient (Wildman–Crippen LogP) is 2.41. The van der Waals surface area contributed by atoms with Crippen LogP contribution in [0.5, 0.6) is 0 Å². The lowest BCUT2D eigenvalue weighted by atomic mass is 10.3. The van der Waals surface area contributed by atoms with Crippen molar-refractivity contribution in [1.29, 1.82) is 0 Å². The summed E-state index contributed by atoms with van der Waals surface area (Å²) in [7, 11) is 0. The van der Waals surface area contributed by atoms with Crippen LogP contribution in [0.15, 0.2) is 30.5 Å². The first-order valence-electron chi connectivity index (χ1n) is 6.56. The van der Waals surface area contributed by atoms with Crippen molar-refractivity contribution < 1.29 is 4.79 Å². The minimum Gasteiger partial charge on any atom is -0.399 e. The molecule has 3 aromatic rings. The summed E-state index contributed by atoms with van der Waals surface area (Å²) >= 11 is 1.42. The normalized spacial score (nSPS) is 10.9. The molecule has 2 heterocycles. The van der Waals surface area contributed by atoms with Gasteiger partial charge in [-0.2, -0.15) is 5.10 Å². The number of thiazole rings is 1. The number of carbonyl (C=O) groups excluding carboxylic acids is 1. The number of hydrogen-bond acceptors (Lipinski definition) is 5. The molecule has 21 heavy (non-hydrogen) atoms. The van der Waals surface area contributed by atoms with E-state index in [-0.39, 0.29) is 5.91 Å². The number of anilines is 2. The van der Waals surface area contributed by atoms with Crippen LogP contribution in [-0.4, -0.2) is 20.7 Å². The molecular weight excluding hydrogens is 286 g/mol. The maximum Gasteiger partial charge on any atom is 0.228 e. The fraction of sp³-hybridized carbons (Fsp3) is 0.214. The van der Waals surface area contributed by atoms with Crippen LogP contribution < -0.4 is 11.1 Å². The third-order valence-corrected chi connectivity index (χ3v) is 4.07. The van der Waals surface area contributed by atoms with Gasteiger partial charge in [0.25, 0.3) is 0 Å². The van der Waals surface area contributed by atoms with Crippen molar-refractivity contribution in [3.05, 3.63) is 36.2 Å². The lowest BCUT2D eigenvalue weighted by Crippen LogP contribution is -2.15. The number of carbonyl (C=O) groups is 1. The highest BCUT2D eigenvalue weighted by atomic mass is 32.1. The van der Waals surface area contributed by atoms with Gasteiger partial charge in [0.1, 0.15) is 0 Å². The molecule has 0 bridgehead atoms. The van der Waals surface area contributed by atoms with Crippen molar-refractivity contribution >= 4 is 38.3 Å². The summed E-state index contributed by atoms with van der Waals surface area (Å²) in [5, 5.41) is 7.56. The standard InChI is InChI=1S/C14H15N5OS/c1-9-4-6-16-19(9)7-5-13(20)18-14-17-11-3-2-10(15)8-12(11)21-14/h2-4,6,8H,5,7,15H2,1H3,(H,17,18,20). The maximum absolute atomic E-state index is 12.0.